The molecule has 104 valence electrons. The molecule has 19 heavy (non-hydrogen) atoms. The Morgan fingerprint density at radius 2 is 2.21 bits per heavy atom. The summed E-state index contributed by atoms with van der Waals surface area (Å²) in [5, 5.41) is 13.4. The van der Waals surface area contributed by atoms with Crippen LogP contribution in [0.4, 0.5) is 5.69 Å². The van der Waals surface area contributed by atoms with Crippen LogP contribution in [0.5, 0.6) is 5.75 Å². The number of amides is 1. The van der Waals surface area contributed by atoms with E-state index >= 15 is 0 Å². The van der Waals surface area contributed by atoms with E-state index in [2.05, 4.69) is 5.32 Å². The molecular weight excluding hydrogens is 248 g/mol. The molecule has 0 aliphatic carbocycles. The standard InChI is InChI=1S/C13H18N2O4/c1-4-7-14-13(16)10(3)19-11-5-6-12(15(17)18)9(2)8-11/h5-6,8,10H,4,7H2,1-3H3,(H,14,16)/t10-/m0/s1. The molecule has 0 aromatic heterocycles. The average molecular weight is 266 g/mol. The number of hydrogen-bond acceptors (Lipinski definition) is 4. The van der Waals surface area contributed by atoms with Crippen molar-refractivity contribution in [1.82, 2.24) is 5.32 Å². The van der Waals surface area contributed by atoms with E-state index in [0.717, 1.165) is 6.42 Å². The molecule has 6 nitrogen and oxygen atoms in total. The molecule has 0 fully saturated rings. The van der Waals surface area contributed by atoms with Crippen LogP contribution in [0.1, 0.15) is 25.8 Å². The monoisotopic (exact) mass is 266 g/mol. The number of nitro groups is 1. The minimum atomic E-state index is -0.632. The molecule has 0 unspecified atom stereocenters. The van der Waals surface area contributed by atoms with Crippen LogP contribution in [0.3, 0.4) is 0 Å². The Morgan fingerprint density at radius 1 is 1.53 bits per heavy atom. The van der Waals surface area contributed by atoms with Crippen LogP contribution in [0, 0.1) is 17.0 Å². The molecule has 1 amide bonds. The van der Waals surface area contributed by atoms with Gasteiger partial charge in [-0.15, -0.1) is 0 Å². The molecule has 0 radical (unpaired) electrons. The van der Waals surface area contributed by atoms with E-state index in [0.29, 0.717) is 17.9 Å². The Labute approximate surface area is 111 Å². The van der Waals surface area contributed by atoms with Crippen molar-refractivity contribution in [2.45, 2.75) is 33.3 Å². The highest BCUT2D eigenvalue weighted by atomic mass is 16.6. The van der Waals surface area contributed by atoms with Crippen molar-refractivity contribution in [3.63, 3.8) is 0 Å². The smallest absolute Gasteiger partial charge is 0.272 e. The number of nitrogens with one attached hydrogen (secondary N) is 1. The van der Waals surface area contributed by atoms with Crippen LogP contribution in [-0.2, 0) is 4.79 Å². The van der Waals surface area contributed by atoms with Crippen molar-refractivity contribution in [2.24, 2.45) is 0 Å². The van der Waals surface area contributed by atoms with Crippen molar-refractivity contribution < 1.29 is 14.5 Å². The third kappa shape index (κ3) is 4.24. The van der Waals surface area contributed by atoms with Gasteiger partial charge in [0.25, 0.3) is 11.6 Å². The Hall–Kier alpha value is -2.11. The highest BCUT2D eigenvalue weighted by Crippen LogP contribution is 2.23. The fraction of sp³-hybridized carbons (Fsp3) is 0.462. The quantitative estimate of drug-likeness (QED) is 0.632. The second-order valence-corrected chi connectivity index (χ2v) is 4.26. The van der Waals surface area contributed by atoms with Crippen LogP contribution < -0.4 is 10.1 Å². The van der Waals surface area contributed by atoms with Crippen molar-refractivity contribution >= 4 is 11.6 Å². The highest BCUT2D eigenvalue weighted by molar-refractivity contribution is 5.80. The Morgan fingerprint density at radius 3 is 2.74 bits per heavy atom. The zero-order chi connectivity index (χ0) is 14.4. The van der Waals surface area contributed by atoms with Gasteiger partial charge >= 0.3 is 0 Å². The van der Waals surface area contributed by atoms with E-state index in [1.807, 2.05) is 6.92 Å². The summed E-state index contributed by atoms with van der Waals surface area (Å²) in [6.45, 7) is 5.84. The molecule has 1 atom stereocenters. The molecule has 0 aliphatic rings. The number of ether oxygens (including phenoxy) is 1. The molecule has 0 saturated carbocycles. The number of carbonyl (C=O) groups excluding carboxylic acids is 1. The zero-order valence-corrected chi connectivity index (χ0v) is 11.3. The van der Waals surface area contributed by atoms with Gasteiger partial charge in [0.15, 0.2) is 6.10 Å². The van der Waals surface area contributed by atoms with Crippen molar-refractivity contribution in [2.75, 3.05) is 6.54 Å². The SMILES string of the molecule is CCCNC(=O)[C@H](C)Oc1ccc([N+](=O)[O-])c(C)c1. The van der Waals surface area contributed by atoms with Gasteiger partial charge in [-0.25, -0.2) is 0 Å². The summed E-state index contributed by atoms with van der Waals surface area (Å²) in [6, 6.07) is 4.43. The number of benzene rings is 1. The van der Waals surface area contributed by atoms with Crippen LogP contribution in [0.2, 0.25) is 0 Å². The maximum atomic E-state index is 11.6. The normalized spacial score (nSPS) is 11.7. The zero-order valence-electron chi connectivity index (χ0n) is 11.3. The van der Waals surface area contributed by atoms with Gasteiger partial charge in [0, 0.05) is 18.2 Å². The predicted octanol–water partition coefficient (Wildman–Crippen LogP) is 2.20. The van der Waals surface area contributed by atoms with Gasteiger partial charge < -0.3 is 10.1 Å². The Bertz CT molecular complexity index is 474. The van der Waals surface area contributed by atoms with Gasteiger partial charge in [0.05, 0.1) is 4.92 Å². The predicted molar refractivity (Wildman–Crippen MR) is 71.2 cm³/mol. The van der Waals surface area contributed by atoms with Crippen molar-refractivity contribution in [1.29, 1.82) is 0 Å². The van der Waals surface area contributed by atoms with E-state index in [1.54, 1.807) is 19.9 Å². The number of aryl methyl sites for hydroxylation is 1. The minimum absolute atomic E-state index is 0.0374. The fourth-order valence-electron chi connectivity index (χ4n) is 1.56. The van der Waals surface area contributed by atoms with Gasteiger partial charge in [-0.3, -0.25) is 14.9 Å². The molecule has 1 aromatic carbocycles. The Balaban J connectivity index is 2.69. The van der Waals surface area contributed by atoms with Crippen LogP contribution in [0.25, 0.3) is 0 Å². The van der Waals surface area contributed by atoms with Crippen LogP contribution >= 0.6 is 0 Å². The van der Waals surface area contributed by atoms with Gasteiger partial charge in [0.2, 0.25) is 0 Å². The summed E-state index contributed by atoms with van der Waals surface area (Å²) in [5.41, 5.74) is 0.541. The molecule has 0 spiro atoms. The summed E-state index contributed by atoms with van der Waals surface area (Å²) >= 11 is 0. The van der Waals surface area contributed by atoms with Gasteiger partial charge in [-0.2, -0.15) is 0 Å². The summed E-state index contributed by atoms with van der Waals surface area (Å²) in [5.74, 6) is 0.250. The molecule has 0 saturated heterocycles. The second-order valence-electron chi connectivity index (χ2n) is 4.26. The first-order chi connectivity index (χ1) is 8.95. The minimum Gasteiger partial charge on any atom is -0.481 e. The first-order valence-corrected chi connectivity index (χ1v) is 6.15. The van der Waals surface area contributed by atoms with Crippen molar-refractivity contribution in [3.8, 4) is 5.75 Å². The number of nitrogens with zero attached hydrogens (tertiary/aromatic N) is 1. The lowest BCUT2D eigenvalue weighted by Crippen LogP contribution is -2.36. The molecular formula is C13H18N2O4. The van der Waals surface area contributed by atoms with Crippen LogP contribution in [0.15, 0.2) is 18.2 Å². The molecule has 1 N–H and O–H groups in total. The third-order valence-corrected chi connectivity index (χ3v) is 2.60. The van der Waals surface area contributed by atoms with E-state index in [4.69, 9.17) is 4.74 Å². The number of carbonyl (C=O) groups is 1. The topological polar surface area (TPSA) is 81.5 Å². The maximum absolute atomic E-state index is 11.6. The molecule has 6 heteroatoms. The second kappa shape index (κ2) is 6.72. The number of rotatable bonds is 6. The van der Waals surface area contributed by atoms with Gasteiger partial charge in [-0.1, -0.05) is 6.92 Å². The summed E-state index contributed by atoms with van der Waals surface area (Å²) in [7, 11) is 0. The lowest BCUT2D eigenvalue weighted by Gasteiger charge is -2.14. The Kier molecular flexibility index (Phi) is 5.29. The van der Waals surface area contributed by atoms with Gasteiger partial charge in [0.1, 0.15) is 5.75 Å². The van der Waals surface area contributed by atoms with Crippen LogP contribution in [-0.4, -0.2) is 23.5 Å². The summed E-state index contributed by atoms with van der Waals surface area (Å²) < 4.78 is 5.45. The molecule has 0 bridgehead atoms. The molecule has 0 aliphatic heterocycles. The van der Waals surface area contributed by atoms with E-state index in [-0.39, 0.29) is 11.6 Å². The number of nitro benzene ring substituents is 1. The fourth-order valence-corrected chi connectivity index (χ4v) is 1.56. The third-order valence-electron chi connectivity index (χ3n) is 2.60. The first kappa shape index (κ1) is 14.9. The lowest BCUT2D eigenvalue weighted by molar-refractivity contribution is -0.385. The largest absolute Gasteiger partial charge is 0.481 e. The van der Waals surface area contributed by atoms with Gasteiger partial charge in [-0.05, 0) is 32.4 Å². The average Bonchev–Trinajstić information content (AvgIpc) is 2.35. The molecule has 0 heterocycles. The highest BCUT2D eigenvalue weighted by Gasteiger charge is 2.16. The first-order valence-electron chi connectivity index (χ1n) is 6.15. The van der Waals surface area contributed by atoms with E-state index < -0.39 is 11.0 Å². The molecule has 1 aromatic rings. The lowest BCUT2D eigenvalue weighted by atomic mass is 10.2. The van der Waals surface area contributed by atoms with E-state index in [9.17, 15) is 14.9 Å². The van der Waals surface area contributed by atoms with E-state index in [1.165, 1.54) is 12.1 Å². The van der Waals surface area contributed by atoms with Crippen molar-refractivity contribution in [3.05, 3.63) is 33.9 Å². The molecule has 1 rings (SSSR count). The summed E-state index contributed by atoms with van der Waals surface area (Å²) in [6.07, 6.45) is 0.224. The number of hydrogen-bond donors (Lipinski definition) is 1. The summed E-state index contributed by atoms with van der Waals surface area (Å²) in [4.78, 5) is 21.9. The maximum Gasteiger partial charge on any atom is 0.272 e.